The van der Waals surface area contributed by atoms with Crippen LogP contribution in [0.15, 0.2) is 0 Å². The van der Waals surface area contributed by atoms with Crippen molar-refractivity contribution in [2.24, 2.45) is 5.92 Å². The Morgan fingerprint density at radius 2 is 2.00 bits per heavy atom. The van der Waals surface area contributed by atoms with E-state index in [9.17, 15) is 14.7 Å². The van der Waals surface area contributed by atoms with Crippen molar-refractivity contribution < 1.29 is 19.4 Å². The van der Waals surface area contributed by atoms with Crippen LogP contribution in [0.4, 0.5) is 4.79 Å². The average molecular weight is 344 g/mol. The number of rotatable bonds is 3. The van der Waals surface area contributed by atoms with Crippen LogP contribution in [0.3, 0.4) is 0 Å². The first-order chi connectivity index (χ1) is 10.6. The molecule has 0 bridgehead atoms. The summed E-state index contributed by atoms with van der Waals surface area (Å²) in [6.07, 6.45) is 1.10. The lowest BCUT2D eigenvalue weighted by molar-refractivity contribution is -0.132. The minimum absolute atomic E-state index is 0.0899. The molecule has 2 aliphatic rings. The first-order valence-electron chi connectivity index (χ1n) is 8.21. The molecule has 7 heteroatoms. The van der Waals surface area contributed by atoms with Gasteiger partial charge in [0.05, 0.1) is 5.60 Å². The smallest absolute Gasteiger partial charge is 0.410 e. The van der Waals surface area contributed by atoms with Gasteiger partial charge in [-0.1, -0.05) is 0 Å². The van der Waals surface area contributed by atoms with Crippen LogP contribution in [-0.2, 0) is 9.53 Å². The number of nitrogens with zero attached hydrogens (tertiary/aromatic N) is 2. The Hall–Kier alpha value is -0.950. The van der Waals surface area contributed by atoms with Gasteiger partial charge in [0.1, 0.15) is 5.60 Å². The Balaban J connectivity index is 1.85. The second-order valence-electron chi connectivity index (χ2n) is 7.72. The van der Waals surface area contributed by atoms with E-state index in [1.54, 1.807) is 9.80 Å². The topological polar surface area (TPSA) is 70.1 Å². The van der Waals surface area contributed by atoms with Crippen molar-refractivity contribution in [3.05, 3.63) is 0 Å². The number of amides is 2. The summed E-state index contributed by atoms with van der Waals surface area (Å²) in [4.78, 5) is 27.4. The van der Waals surface area contributed by atoms with Crippen molar-refractivity contribution >= 4 is 24.6 Å². The predicted molar refractivity (Wildman–Crippen MR) is 90.5 cm³/mol. The van der Waals surface area contributed by atoms with Crippen molar-refractivity contribution in [3.63, 3.8) is 0 Å². The van der Waals surface area contributed by atoms with Crippen molar-refractivity contribution in [1.29, 1.82) is 0 Å². The molecule has 0 aliphatic carbocycles. The molecule has 6 nitrogen and oxygen atoms in total. The summed E-state index contributed by atoms with van der Waals surface area (Å²) in [5.74, 6) is 1.05. The Bertz CT molecular complexity index is 455. The van der Waals surface area contributed by atoms with Gasteiger partial charge in [-0.05, 0) is 45.3 Å². The van der Waals surface area contributed by atoms with E-state index in [1.165, 1.54) is 0 Å². The average Bonchev–Trinajstić information content (AvgIpc) is 2.77. The number of ether oxygens (including phenoxy) is 1. The van der Waals surface area contributed by atoms with Crippen molar-refractivity contribution in [2.75, 3.05) is 31.9 Å². The number of β-amino-alcohol motifs (C(OH)–C–C–N with tert-alkyl or cyclic N) is 1. The van der Waals surface area contributed by atoms with E-state index in [-0.39, 0.29) is 17.9 Å². The van der Waals surface area contributed by atoms with Gasteiger partial charge in [-0.3, -0.25) is 4.79 Å². The highest BCUT2D eigenvalue weighted by Gasteiger charge is 2.40. The van der Waals surface area contributed by atoms with Crippen LogP contribution in [0.5, 0.6) is 0 Å². The van der Waals surface area contributed by atoms with Crippen molar-refractivity contribution in [2.45, 2.75) is 51.2 Å². The van der Waals surface area contributed by atoms with Gasteiger partial charge in [0.25, 0.3) is 0 Å². The number of piperidine rings is 1. The largest absolute Gasteiger partial charge is 0.444 e. The minimum atomic E-state index is -0.917. The summed E-state index contributed by atoms with van der Waals surface area (Å²) in [7, 11) is 0. The SMILES string of the molecule is CC(C)(C)OC(=O)N1CCC(O)(CN2CC(CS)CC2=O)CC1. The molecule has 0 aromatic carbocycles. The number of thiol groups is 1. The van der Waals surface area contributed by atoms with E-state index in [1.807, 2.05) is 20.8 Å². The fourth-order valence-corrected chi connectivity index (χ4v) is 3.32. The zero-order valence-electron chi connectivity index (χ0n) is 14.2. The molecule has 1 unspecified atom stereocenters. The Morgan fingerprint density at radius 1 is 1.39 bits per heavy atom. The highest BCUT2D eigenvalue weighted by atomic mass is 32.1. The maximum Gasteiger partial charge on any atom is 0.410 e. The van der Waals surface area contributed by atoms with Crippen molar-refractivity contribution in [1.82, 2.24) is 9.80 Å². The quantitative estimate of drug-likeness (QED) is 0.762. The normalized spacial score (nSPS) is 24.9. The van der Waals surface area contributed by atoms with Gasteiger partial charge in [0, 0.05) is 32.6 Å². The third-order valence-corrected chi connectivity index (χ3v) is 4.90. The molecule has 1 atom stereocenters. The third kappa shape index (κ3) is 5.01. The number of likely N-dealkylation sites (tertiary alicyclic amines) is 2. The maximum absolute atomic E-state index is 12.1. The molecule has 2 amide bonds. The number of hydrogen-bond acceptors (Lipinski definition) is 5. The molecular formula is C16H28N2O4S. The van der Waals surface area contributed by atoms with Crippen LogP contribution >= 0.6 is 12.6 Å². The Kier molecular flexibility index (Phi) is 5.51. The molecule has 1 N–H and O–H groups in total. The van der Waals surface area contributed by atoms with E-state index < -0.39 is 11.2 Å². The molecule has 0 aromatic rings. The van der Waals surface area contributed by atoms with Gasteiger partial charge in [-0.2, -0.15) is 12.6 Å². The summed E-state index contributed by atoms with van der Waals surface area (Å²) < 4.78 is 5.36. The minimum Gasteiger partial charge on any atom is -0.444 e. The molecule has 23 heavy (non-hydrogen) atoms. The fraction of sp³-hybridized carbons (Fsp3) is 0.875. The van der Waals surface area contributed by atoms with E-state index in [2.05, 4.69) is 12.6 Å². The first-order valence-corrected chi connectivity index (χ1v) is 8.84. The highest BCUT2D eigenvalue weighted by Crippen LogP contribution is 2.28. The van der Waals surface area contributed by atoms with Crippen LogP contribution < -0.4 is 0 Å². The van der Waals surface area contributed by atoms with E-state index >= 15 is 0 Å². The van der Waals surface area contributed by atoms with Crippen LogP contribution in [-0.4, -0.2) is 70.0 Å². The standard InChI is InChI=1S/C16H28N2O4S/c1-15(2,3)22-14(20)17-6-4-16(21,5-7-17)11-18-9-12(10-23)8-13(18)19/h12,21,23H,4-11H2,1-3H3. The highest BCUT2D eigenvalue weighted by molar-refractivity contribution is 7.80. The van der Waals surface area contributed by atoms with Crippen LogP contribution in [0.25, 0.3) is 0 Å². The molecule has 2 rings (SSSR count). The molecule has 0 aromatic heterocycles. The number of carbonyl (C=O) groups excluding carboxylic acids is 2. The molecule has 2 aliphatic heterocycles. The summed E-state index contributed by atoms with van der Waals surface area (Å²) in [6.45, 7) is 7.41. The summed E-state index contributed by atoms with van der Waals surface area (Å²) in [6, 6.07) is 0. The van der Waals surface area contributed by atoms with Crippen LogP contribution in [0.2, 0.25) is 0 Å². The zero-order valence-corrected chi connectivity index (χ0v) is 15.1. The van der Waals surface area contributed by atoms with Gasteiger partial charge in [0.15, 0.2) is 0 Å². The van der Waals surface area contributed by atoms with Crippen LogP contribution in [0.1, 0.15) is 40.0 Å². The number of carbonyl (C=O) groups is 2. The van der Waals surface area contributed by atoms with E-state index in [0.717, 1.165) is 0 Å². The third-order valence-electron chi connectivity index (χ3n) is 4.38. The van der Waals surface area contributed by atoms with Crippen molar-refractivity contribution in [3.8, 4) is 0 Å². The lowest BCUT2D eigenvalue weighted by atomic mass is 9.91. The summed E-state index contributed by atoms with van der Waals surface area (Å²) in [5, 5.41) is 10.7. The Morgan fingerprint density at radius 3 is 2.48 bits per heavy atom. The maximum atomic E-state index is 12.1. The van der Waals surface area contributed by atoms with Gasteiger partial charge < -0.3 is 19.6 Å². The first kappa shape index (κ1) is 18.4. The van der Waals surface area contributed by atoms with E-state index in [4.69, 9.17) is 4.74 Å². The van der Waals surface area contributed by atoms with Gasteiger partial charge in [0.2, 0.25) is 5.91 Å². The fourth-order valence-electron chi connectivity index (χ4n) is 3.07. The molecule has 0 radical (unpaired) electrons. The second kappa shape index (κ2) is 6.89. The van der Waals surface area contributed by atoms with Gasteiger partial charge in [-0.15, -0.1) is 0 Å². The molecule has 132 valence electrons. The second-order valence-corrected chi connectivity index (χ2v) is 8.08. The monoisotopic (exact) mass is 344 g/mol. The molecule has 2 heterocycles. The number of hydrogen-bond donors (Lipinski definition) is 2. The predicted octanol–water partition coefficient (Wildman–Crippen LogP) is 1.53. The van der Waals surface area contributed by atoms with Gasteiger partial charge >= 0.3 is 6.09 Å². The molecule has 0 spiro atoms. The number of aliphatic hydroxyl groups is 1. The zero-order chi connectivity index (χ0) is 17.3. The van der Waals surface area contributed by atoms with E-state index in [0.29, 0.717) is 51.2 Å². The van der Waals surface area contributed by atoms with Gasteiger partial charge in [-0.25, -0.2) is 4.79 Å². The lowest BCUT2D eigenvalue weighted by Crippen LogP contribution is -2.53. The van der Waals surface area contributed by atoms with Crippen LogP contribution in [0, 0.1) is 5.92 Å². The molecular weight excluding hydrogens is 316 g/mol. The lowest BCUT2D eigenvalue weighted by Gasteiger charge is -2.40. The summed E-state index contributed by atoms with van der Waals surface area (Å²) in [5.41, 5.74) is -1.44. The molecule has 2 fully saturated rings. The Labute approximate surface area is 143 Å². The summed E-state index contributed by atoms with van der Waals surface area (Å²) >= 11 is 4.25. The molecule has 2 saturated heterocycles. The molecule has 0 saturated carbocycles.